The number of carbonyl (C=O) groups is 3. The average Bonchev–Trinajstić information content (AvgIpc) is 2.48. The van der Waals surface area contributed by atoms with Crippen LogP contribution in [0.15, 0.2) is 24.3 Å². The van der Waals surface area contributed by atoms with Crippen molar-refractivity contribution < 1.29 is 19.5 Å². The standard InChI is InChI=1S/C14H17ClN2O2.CH2O2/c1-9-14(19)17(10(2)13(18)16(9)3)8-11-5-4-6-12(15)7-11;2-1-3/h4-7,9-10H,8H2,1-3H3;1H,(H,2,3)/t9-,10-;/m0./s1. The van der Waals surface area contributed by atoms with Crippen LogP contribution < -0.4 is 0 Å². The van der Waals surface area contributed by atoms with Crippen LogP contribution in [0.5, 0.6) is 0 Å². The van der Waals surface area contributed by atoms with Gasteiger partial charge in [-0.2, -0.15) is 0 Å². The zero-order valence-electron chi connectivity index (χ0n) is 12.7. The lowest BCUT2D eigenvalue weighted by molar-refractivity contribution is -0.159. The predicted molar refractivity (Wildman–Crippen MR) is 82.4 cm³/mol. The number of carboxylic acid groups (broad SMARTS) is 1. The molecule has 1 aromatic rings. The van der Waals surface area contributed by atoms with Gasteiger partial charge in [-0.1, -0.05) is 23.7 Å². The first-order chi connectivity index (χ1) is 10.3. The van der Waals surface area contributed by atoms with Crippen LogP contribution in [0.3, 0.4) is 0 Å². The number of hydrogen-bond acceptors (Lipinski definition) is 3. The zero-order chi connectivity index (χ0) is 16.9. The van der Waals surface area contributed by atoms with Crippen molar-refractivity contribution in [2.75, 3.05) is 7.05 Å². The second-order valence-electron chi connectivity index (χ2n) is 5.00. The lowest BCUT2D eigenvalue weighted by atomic mass is 10.1. The van der Waals surface area contributed by atoms with E-state index >= 15 is 0 Å². The molecule has 22 heavy (non-hydrogen) atoms. The summed E-state index contributed by atoms with van der Waals surface area (Å²) in [5, 5.41) is 7.52. The third-order valence-electron chi connectivity index (χ3n) is 3.64. The molecule has 1 aliphatic heterocycles. The molecule has 1 aromatic carbocycles. The van der Waals surface area contributed by atoms with Crippen LogP contribution in [0.4, 0.5) is 0 Å². The Bertz CT molecular complexity index is 564. The lowest BCUT2D eigenvalue weighted by Gasteiger charge is -2.41. The molecular formula is C15H19ClN2O4. The van der Waals surface area contributed by atoms with Gasteiger partial charge in [0, 0.05) is 18.6 Å². The van der Waals surface area contributed by atoms with Crippen molar-refractivity contribution in [3.63, 3.8) is 0 Å². The molecule has 2 rings (SSSR count). The van der Waals surface area contributed by atoms with Crippen molar-refractivity contribution in [3.05, 3.63) is 34.9 Å². The van der Waals surface area contributed by atoms with E-state index in [1.165, 1.54) is 4.90 Å². The summed E-state index contributed by atoms with van der Waals surface area (Å²) in [6, 6.07) is 6.49. The van der Waals surface area contributed by atoms with E-state index in [1.807, 2.05) is 18.2 Å². The summed E-state index contributed by atoms with van der Waals surface area (Å²) in [6.45, 7) is 3.66. The molecule has 1 saturated heterocycles. The topological polar surface area (TPSA) is 77.9 Å². The van der Waals surface area contributed by atoms with Crippen molar-refractivity contribution in [2.45, 2.75) is 32.5 Å². The number of likely N-dealkylation sites (N-methyl/N-ethyl adjacent to an activating group) is 1. The number of rotatable bonds is 2. The number of nitrogens with zero attached hydrogens (tertiary/aromatic N) is 2. The number of halogens is 1. The molecule has 7 heteroatoms. The van der Waals surface area contributed by atoms with E-state index in [2.05, 4.69) is 0 Å². The smallest absolute Gasteiger partial charge is 0.290 e. The van der Waals surface area contributed by atoms with Crippen LogP contribution in [0.1, 0.15) is 19.4 Å². The number of carbonyl (C=O) groups excluding carboxylic acids is 2. The van der Waals surface area contributed by atoms with Crippen LogP contribution in [0.2, 0.25) is 5.02 Å². The molecule has 0 bridgehead atoms. The Morgan fingerprint density at radius 2 is 1.82 bits per heavy atom. The SMILES string of the molecule is C[C@H]1C(=O)N(Cc2cccc(Cl)c2)[C@@H](C)C(=O)N1C.O=CO. The summed E-state index contributed by atoms with van der Waals surface area (Å²) < 4.78 is 0. The highest BCUT2D eigenvalue weighted by Crippen LogP contribution is 2.20. The van der Waals surface area contributed by atoms with Gasteiger partial charge in [0.2, 0.25) is 11.8 Å². The minimum atomic E-state index is -0.437. The zero-order valence-corrected chi connectivity index (χ0v) is 13.4. The molecule has 0 aromatic heterocycles. The summed E-state index contributed by atoms with van der Waals surface area (Å²) in [4.78, 5) is 35.8. The average molecular weight is 327 g/mol. The first kappa shape index (κ1) is 18.0. The Hall–Kier alpha value is -2.08. The maximum absolute atomic E-state index is 12.3. The molecule has 2 atom stereocenters. The van der Waals surface area contributed by atoms with Crippen molar-refractivity contribution in [3.8, 4) is 0 Å². The van der Waals surface area contributed by atoms with Gasteiger partial charge in [0.15, 0.2) is 0 Å². The lowest BCUT2D eigenvalue weighted by Crippen LogP contribution is -2.61. The summed E-state index contributed by atoms with van der Waals surface area (Å²) in [5.74, 6) is -0.0660. The molecule has 0 saturated carbocycles. The monoisotopic (exact) mass is 326 g/mol. The first-order valence-corrected chi connectivity index (χ1v) is 7.10. The normalized spacial score (nSPS) is 21.3. The molecule has 0 unspecified atom stereocenters. The van der Waals surface area contributed by atoms with E-state index < -0.39 is 12.1 Å². The first-order valence-electron chi connectivity index (χ1n) is 6.73. The molecule has 1 fully saturated rings. The van der Waals surface area contributed by atoms with E-state index in [9.17, 15) is 9.59 Å². The van der Waals surface area contributed by atoms with E-state index in [-0.39, 0.29) is 18.3 Å². The predicted octanol–water partition coefficient (Wildman–Crippen LogP) is 1.62. The highest BCUT2D eigenvalue weighted by atomic mass is 35.5. The van der Waals surface area contributed by atoms with Crippen molar-refractivity contribution in [1.82, 2.24) is 9.80 Å². The highest BCUT2D eigenvalue weighted by Gasteiger charge is 2.39. The largest absolute Gasteiger partial charge is 0.483 e. The molecule has 2 amide bonds. The molecule has 1 N–H and O–H groups in total. The van der Waals surface area contributed by atoms with E-state index in [4.69, 9.17) is 21.5 Å². The van der Waals surface area contributed by atoms with Crippen molar-refractivity contribution in [1.29, 1.82) is 0 Å². The summed E-state index contributed by atoms with van der Waals surface area (Å²) in [6.07, 6.45) is 0. The van der Waals surface area contributed by atoms with Crippen molar-refractivity contribution in [2.24, 2.45) is 0 Å². The fourth-order valence-corrected chi connectivity index (χ4v) is 2.48. The molecule has 1 heterocycles. The fraction of sp³-hybridized carbons (Fsp3) is 0.400. The van der Waals surface area contributed by atoms with Crippen LogP contribution in [0.25, 0.3) is 0 Å². The van der Waals surface area contributed by atoms with Crippen LogP contribution >= 0.6 is 11.6 Å². The summed E-state index contributed by atoms with van der Waals surface area (Å²) in [7, 11) is 1.66. The third kappa shape index (κ3) is 3.98. The second kappa shape index (κ2) is 7.79. The molecule has 0 spiro atoms. The Kier molecular flexibility index (Phi) is 6.37. The molecular weight excluding hydrogens is 308 g/mol. The van der Waals surface area contributed by atoms with Gasteiger partial charge in [-0.25, -0.2) is 0 Å². The van der Waals surface area contributed by atoms with E-state index in [1.54, 1.807) is 31.9 Å². The maximum atomic E-state index is 12.3. The molecule has 6 nitrogen and oxygen atoms in total. The Balaban J connectivity index is 0.000000745. The Morgan fingerprint density at radius 1 is 1.23 bits per heavy atom. The van der Waals surface area contributed by atoms with Gasteiger partial charge < -0.3 is 14.9 Å². The van der Waals surface area contributed by atoms with Gasteiger partial charge in [-0.15, -0.1) is 0 Å². The number of hydrogen-bond donors (Lipinski definition) is 1. The Labute approximate surface area is 134 Å². The van der Waals surface area contributed by atoms with Gasteiger partial charge in [-0.3, -0.25) is 14.4 Å². The molecule has 1 aliphatic rings. The maximum Gasteiger partial charge on any atom is 0.290 e. The van der Waals surface area contributed by atoms with Gasteiger partial charge in [0.05, 0.1) is 0 Å². The van der Waals surface area contributed by atoms with Gasteiger partial charge in [0.1, 0.15) is 12.1 Å². The fourth-order valence-electron chi connectivity index (χ4n) is 2.26. The van der Waals surface area contributed by atoms with Crippen LogP contribution in [-0.2, 0) is 20.9 Å². The minimum Gasteiger partial charge on any atom is -0.483 e. The van der Waals surface area contributed by atoms with Crippen molar-refractivity contribution >= 4 is 29.9 Å². The quantitative estimate of drug-likeness (QED) is 0.838. The molecule has 0 aliphatic carbocycles. The minimum absolute atomic E-state index is 0.0328. The second-order valence-corrected chi connectivity index (χ2v) is 5.44. The number of piperazine rings is 1. The summed E-state index contributed by atoms with van der Waals surface area (Å²) in [5.41, 5.74) is 0.928. The van der Waals surface area contributed by atoms with Gasteiger partial charge in [-0.05, 0) is 31.5 Å². The molecule has 0 radical (unpaired) electrons. The van der Waals surface area contributed by atoms with E-state index in [0.29, 0.717) is 11.6 Å². The summed E-state index contributed by atoms with van der Waals surface area (Å²) >= 11 is 5.94. The van der Waals surface area contributed by atoms with Gasteiger partial charge in [0.25, 0.3) is 6.47 Å². The number of benzene rings is 1. The highest BCUT2D eigenvalue weighted by molar-refractivity contribution is 6.30. The van der Waals surface area contributed by atoms with E-state index in [0.717, 1.165) is 5.56 Å². The Morgan fingerprint density at radius 3 is 2.36 bits per heavy atom. The van der Waals surface area contributed by atoms with Crippen LogP contribution in [0, 0.1) is 0 Å². The van der Waals surface area contributed by atoms with Gasteiger partial charge >= 0.3 is 0 Å². The molecule has 120 valence electrons. The van der Waals surface area contributed by atoms with Crippen LogP contribution in [-0.4, -0.2) is 52.3 Å². The third-order valence-corrected chi connectivity index (χ3v) is 3.87. The number of amides is 2.